The van der Waals surface area contributed by atoms with Gasteiger partial charge in [0.15, 0.2) is 6.79 Å². The molecule has 1 aromatic rings. The van der Waals surface area contributed by atoms with Crippen molar-refractivity contribution in [3.63, 3.8) is 0 Å². The maximum Gasteiger partial charge on any atom is 0.303 e. The van der Waals surface area contributed by atoms with Crippen molar-refractivity contribution in [3.8, 4) is 5.75 Å². The maximum absolute atomic E-state index is 10.4. The van der Waals surface area contributed by atoms with E-state index in [0.717, 1.165) is 23.3 Å². The van der Waals surface area contributed by atoms with Crippen molar-refractivity contribution in [2.75, 3.05) is 6.79 Å². The van der Waals surface area contributed by atoms with Gasteiger partial charge in [-0.1, -0.05) is 12.1 Å². The molecule has 4 heteroatoms. The van der Waals surface area contributed by atoms with E-state index in [2.05, 4.69) is 0 Å². The molecular formula is C12H14O4. The van der Waals surface area contributed by atoms with E-state index in [1.165, 1.54) is 0 Å². The molecule has 0 atom stereocenters. The lowest BCUT2D eigenvalue weighted by atomic mass is 10.1. The molecule has 0 fully saturated rings. The van der Waals surface area contributed by atoms with Crippen molar-refractivity contribution in [3.05, 3.63) is 29.3 Å². The lowest BCUT2D eigenvalue weighted by Gasteiger charge is -2.18. The number of fused-ring (bicyclic) bond motifs is 1. The molecule has 16 heavy (non-hydrogen) atoms. The number of carboxylic acids is 1. The van der Waals surface area contributed by atoms with Gasteiger partial charge in [0.25, 0.3) is 0 Å². The van der Waals surface area contributed by atoms with Gasteiger partial charge in [0.05, 0.1) is 6.61 Å². The topological polar surface area (TPSA) is 55.8 Å². The van der Waals surface area contributed by atoms with Gasteiger partial charge in [-0.2, -0.15) is 0 Å². The monoisotopic (exact) mass is 222 g/mol. The molecule has 0 amide bonds. The first-order valence-electron chi connectivity index (χ1n) is 5.30. The second kappa shape index (κ2) is 4.99. The van der Waals surface area contributed by atoms with Crippen LogP contribution in [0.1, 0.15) is 24.0 Å². The fraction of sp³-hybridized carbons (Fsp3) is 0.417. The van der Waals surface area contributed by atoms with Gasteiger partial charge in [0.2, 0.25) is 0 Å². The third kappa shape index (κ3) is 2.73. The van der Waals surface area contributed by atoms with E-state index in [9.17, 15) is 4.79 Å². The molecule has 0 radical (unpaired) electrons. The van der Waals surface area contributed by atoms with Crippen LogP contribution in [0.25, 0.3) is 0 Å². The van der Waals surface area contributed by atoms with Crippen molar-refractivity contribution >= 4 is 5.97 Å². The van der Waals surface area contributed by atoms with Crippen LogP contribution in [-0.4, -0.2) is 17.9 Å². The molecule has 1 heterocycles. The molecule has 0 saturated heterocycles. The summed E-state index contributed by atoms with van der Waals surface area (Å²) in [5.74, 6) is 0.113. The van der Waals surface area contributed by atoms with Crippen molar-refractivity contribution in [2.24, 2.45) is 0 Å². The third-order valence-corrected chi connectivity index (χ3v) is 2.54. The SMILES string of the molecule is O=C(O)CCCc1ccc2c(c1)OCOC2. The van der Waals surface area contributed by atoms with Gasteiger partial charge >= 0.3 is 5.97 Å². The molecule has 1 aromatic carbocycles. The van der Waals surface area contributed by atoms with E-state index in [4.69, 9.17) is 14.6 Å². The molecule has 0 saturated carbocycles. The van der Waals surface area contributed by atoms with E-state index in [0.29, 0.717) is 19.8 Å². The minimum atomic E-state index is -0.748. The number of aliphatic carboxylic acids is 1. The predicted octanol–water partition coefficient (Wildman–Crippen LogP) is 1.96. The van der Waals surface area contributed by atoms with Gasteiger partial charge in [-0.3, -0.25) is 4.79 Å². The molecule has 4 nitrogen and oxygen atoms in total. The number of benzene rings is 1. The standard InChI is InChI=1S/C12H14O4/c13-12(14)3-1-2-9-4-5-10-7-15-8-16-11(10)6-9/h4-6H,1-3,7-8H2,(H,13,14). The van der Waals surface area contributed by atoms with Crippen LogP contribution in [-0.2, 0) is 22.6 Å². The number of aryl methyl sites for hydroxylation is 1. The van der Waals surface area contributed by atoms with E-state index in [-0.39, 0.29) is 6.42 Å². The number of ether oxygens (including phenoxy) is 2. The zero-order valence-corrected chi connectivity index (χ0v) is 8.94. The van der Waals surface area contributed by atoms with Gasteiger partial charge in [-0.05, 0) is 24.5 Å². The van der Waals surface area contributed by atoms with Gasteiger partial charge < -0.3 is 14.6 Å². The van der Waals surface area contributed by atoms with Crippen LogP contribution in [0, 0.1) is 0 Å². The summed E-state index contributed by atoms with van der Waals surface area (Å²) < 4.78 is 10.5. The van der Waals surface area contributed by atoms with Crippen LogP contribution in [0.3, 0.4) is 0 Å². The van der Waals surface area contributed by atoms with Gasteiger partial charge in [-0.25, -0.2) is 0 Å². The van der Waals surface area contributed by atoms with Crippen LogP contribution in [0.5, 0.6) is 5.75 Å². The fourth-order valence-electron chi connectivity index (χ4n) is 1.71. The second-order valence-corrected chi connectivity index (χ2v) is 3.80. The molecule has 86 valence electrons. The first-order valence-corrected chi connectivity index (χ1v) is 5.30. The summed E-state index contributed by atoms with van der Waals surface area (Å²) in [5.41, 5.74) is 2.16. The Morgan fingerprint density at radius 3 is 3.12 bits per heavy atom. The number of hydrogen-bond donors (Lipinski definition) is 1. The summed E-state index contributed by atoms with van der Waals surface area (Å²) >= 11 is 0. The number of carbonyl (C=O) groups is 1. The fourth-order valence-corrected chi connectivity index (χ4v) is 1.71. The summed E-state index contributed by atoms with van der Waals surface area (Å²) in [6.45, 7) is 0.885. The average molecular weight is 222 g/mol. The number of rotatable bonds is 4. The second-order valence-electron chi connectivity index (χ2n) is 3.80. The molecule has 0 aliphatic carbocycles. The lowest BCUT2D eigenvalue weighted by Crippen LogP contribution is -2.11. The Kier molecular flexibility index (Phi) is 3.41. The first-order chi connectivity index (χ1) is 7.75. The Balaban J connectivity index is 1.97. The third-order valence-electron chi connectivity index (χ3n) is 2.54. The van der Waals surface area contributed by atoms with Gasteiger partial charge in [0, 0.05) is 12.0 Å². The number of hydrogen-bond acceptors (Lipinski definition) is 3. The molecule has 0 bridgehead atoms. The summed E-state index contributed by atoms with van der Waals surface area (Å²) in [7, 11) is 0. The molecule has 2 rings (SSSR count). The molecule has 1 aliphatic rings. The van der Waals surface area contributed by atoms with Crippen molar-refractivity contribution in [2.45, 2.75) is 25.9 Å². The van der Waals surface area contributed by atoms with Crippen LogP contribution in [0.15, 0.2) is 18.2 Å². The van der Waals surface area contributed by atoms with Gasteiger partial charge in [-0.15, -0.1) is 0 Å². The molecule has 1 aliphatic heterocycles. The summed E-state index contributed by atoms with van der Waals surface area (Å²) in [6, 6.07) is 5.95. The Morgan fingerprint density at radius 1 is 1.44 bits per heavy atom. The summed E-state index contributed by atoms with van der Waals surface area (Å²) in [4.78, 5) is 10.4. The Hall–Kier alpha value is -1.55. The van der Waals surface area contributed by atoms with Crippen LogP contribution in [0.4, 0.5) is 0 Å². The quantitative estimate of drug-likeness (QED) is 0.846. The van der Waals surface area contributed by atoms with E-state index in [1.807, 2.05) is 18.2 Å². The Morgan fingerprint density at radius 2 is 2.31 bits per heavy atom. The average Bonchev–Trinajstić information content (AvgIpc) is 2.28. The molecular weight excluding hydrogens is 208 g/mol. The van der Waals surface area contributed by atoms with Crippen LogP contribution in [0.2, 0.25) is 0 Å². The van der Waals surface area contributed by atoms with Crippen LogP contribution < -0.4 is 4.74 Å². The Labute approximate surface area is 93.8 Å². The molecule has 0 aromatic heterocycles. The highest BCUT2D eigenvalue weighted by molar-refractivity contribution is 5.66. The Bertz CT molecular complexity index is 387. The minimum Gasteiger partial charge on any atom is -0.481 e. The molecule has 1 N–H and O–H groups in total. The predicted molar refractivity (Wildman–Crippen MR) is 57.3 cm³/mol. The minimum absolute atomic E-state index is 0.209. The molecule has 0 spiro atoms. The maximum atomic E-state index is 10.4. The van der Waals surface area contributed by atoms with E-state index in [1.54, 1.807) is 0 Å². The highest BCUT2D eigenvalue weighted by Crippen LogP contribution is 2.25. The van der Waals surface area contributed by atoms with E-state index < -0.39 is 5.97 Å². The van der Waals surface area contributed by atoms with Crippen LogP contribution >= 0.6 is 0 Å². The van der Waals surface area contributed by atoms with Crippen molar-refractivity contribution < 1.29 is 19.4 Å². The highest BCUT2D eigenvalue weighted by atomic mass is 16.7. The normalized spacial score (nSPS) is 14.0. The zero-order chi connectivity index (χ0) is 11.4. The first kappa shape index (κ1) is 11.0. The van der Waals surface area contributed by atoms with E-state index >= 15 is 0 Å². The van der Waals surface area contributed by atoms with Crippen molar-refractivity contribution in [1.29, 1.82) is 0 Å². The van der Waals surface area contributed by atoms with Gasteiger partial charge in [0.1, 0.15) is 5.75 Å². The largest absolute Gasteiger partial charge is 0.481 e. The summed E-state index contributed by atoms with van der Waals surface area (Å²) in [6.07, 6.45) is 1.63. The number of carboxylic acid groups (broad SMARTS) is 1. The smallest absolute Gasteiger partial charge is 0.303 e. The van der Waals surface area contributed by atoms with Crippen molar-refractivity contribution in [1.82, 2.24) is 0 Å². The lowest BCUT2D eigenvalue weighted by molar-refractivity contribution is -0.137. The summed E-state index contributed by atoms with van der Waals surface area (Å²) in [5, 5.41) is 8.54. The highest BCUT2D eigenvalue weighted by Gasteiger charge is 2.10. The molecule has 0 unspecified atom stereocenters. The zero-order valence-electron chi connectivity index (χ0n) is 8.94.